The minimum atomic E-state index is -2.20. The molecule has 0 radical (unpaired) electrons. The van der Waals surface area contributed by atoms with Crippen molar-refractivity contribution in [2.75, 3.05) is 0 Å². The summed E-state index contributed by atoms with van der Waals surface area (Å²) < 4.78 is 0. The summed E-state index contributed by atoms with van der Waals surface area (Å²) in [4.78, 5) is 10.1. The van der Waals surface area contributed by atoms with Crippen molar-refractivity contribution in [3.8, 4) is 0 Å². The Hall–Kier alpha value is -0.910. The number of nitrogens with two attached hydrogens (primary N) is 1. The average Bonchev–Trinajstić information content (AvgIpc) is 1.87. The van der Waals surface area contributed by atoms with Crippen LogP contribution in [-0.4, -0.2) is 33.1 Å². The highest BCUT2D eigenvalue weighted by Gasteiger charge is 2.25. The fraction of sp³-hybridized carbons (Fsp3) is 0.500. The molecule has 5 heteroatoms. The molecule has 0 aliphatic rings. The van der Waals surface area contributed by atoms with Crippen LogP contribution in [0.15, 0.2) is 12.7 Å². The van der Waals surface area contributed by atoms with Crippen LogP contribution in [-0.2, 0) is 4.79 Å². The van der Waals surface area contributed by atoms with Gasteiger partial charge in [-0.15, -0.1) is 0 Å². The smallest absolute Gasteiger partial charge is 0.320 e. The van der Waals surface area contributed by atoms with E-state index in [2.05, 4.69) is 6.58 Å². The Labute approximate surface area is 63.8 Å². The molecule has 64 valence electrons. The topological polar surface area (TPSA) is 104 Å². The van der Waals surface area contributed by atoms with E-state index in [1.54, 1.807) is 0 Å². The lowest BCUT2D eigenvalue weighted by Crippen LogP contribution is -2.39. The Morgan fingerprint density at radius 2 is 2.18 bits per heavy atom. The van der Waals surface area contributed by atoms with Crippen molar-refractivity contribution >= 4 is 5.97 Å². The van der Waals surface area contributed by atoms with Crippen LogP contribution in [0.25, 0.3) is 0 Å². The van der Waals surface area contributed by atoms with E-state index in [1.807, 2.05) is 0 Å². The average molecular weight is 161 g/mol. The van der Waals surface area contributed by atoms with Crippen molar-refractivity contribution in [3.05, 3.63) is 12.7 Å². The Bertz CT molecular complexity index is 166. The first-order chi connectivity index (χ1) is 4.89. The third-order valence-electron chi connectivity index (χ3n) is 1.16. The van der Waals surface area contributed by atoms with Gasteiger partial charge in [-0.2, -0.15) is 0 Å². The van der Waals surface area contributed by atoms with Crippen molar-refractivity contribution < 1.29 is 20.1 Å². The number of carbonyl (C=O) groups is 1. The molecule has 0 aromatic heterocycles. The molecule has 0 heterocycles. The second kappa shape index (κ2) is 3.47. The van der Waals surface area contributed by atoms with Gasteiger partial charge in [-0.25, -0.2) is 0 Å². The summed E-state index contributed by atoms with van der Waals surface area (Å²) in [6.45, 7) is 3.10. The van der Waals surface area contributed by atoms with E-state index in [9.17, 15) is 4.79 Å². The number of carboxylic acids is 1. The predicted molar refractivity (Wildman–Crippen MR) is 37.6 cm³/mol. The van der Waals surface area contributed by atoms with E-state index in [-0.39, 0.29) is 0 Å². The van der Waals surface area contributed by atoms with Crippen LogP contribution in [0, 0.1) is 0 Å². The number of aliphatic hydroxyl groups is 2. The number of hydrogen-bond donors (Lipinski definition) is 4. The van der Waals surface area contributed by atoms with Crippen molar-refractivity contribution in [2.45, 2.75) is 18.2 Å². The monoisotopic (exact) mass is 161 g/mol. The van der Waals surface area contributed by atoms with Crippen LogP contribution in [0.5, 0.6) is 0 Å². The first-order valence-electron chi connectivity index (χ1n) is 2.96. The molecular formula is C6H11NO4. The Balaban J connectivity index is 4.03. The van der Waals surface area contributed by atoms with Gasteiger partial charge in [0.25, 0.3) is 0 Å². The zero-order valence-electron chi connectivity index (χ0n) is 5.90. The van der Waals surface area contributed by atoms with E-state index in [0.717, 1.165) is 6.08 Å². The number of aliphatic carboxylic acids is 1. The molecule has 0 aliphatic carbocycles. The van der Waals surface area contributed by atoms with Gasteiger partial charge in [0.1, 0.15) is 6.04 Å². The molecule has 0 amide bonds. The summed E-state index contributed by atoms with van der Waals surface area (Å²) in [6.07, 6.45) is 0.363. The standard InChI is InChI=1S/C6H11NO4/c1-2-6(10,11)3-4(7)5(8)9/h2,4,10-11H,1,3,7H2,(H,8,9)/t4-/m0/s1. The molecule has 0 saturated carbocycles. The molecule has 5 N–H and O–H groups in total. The maximum Gasteiger partial charge on any atom is 0.320 e. The molecule has 0 spiro atoms. The molecule has 11 heavy (non-hydrogen) atoms. The predicted octanol–water partition coefficient (Wildman–Crippen LogP) is -1.34. The Morgan fingerprint density at radius 1 is 1.73 bits per heavy atom. The van der Waals surface area contributed by atoms with E-state index in [4.69, 9.17) is 21.1 Å². The Kier molecular flexibility index (Phi) is 3.18. The highest BCUT2D eigenvalue weighted by Crippen LogP contribution is 2.08. The van der Waals surface area contributed by atoms with E-state index >= 15 is 0 Å². The maximum absolute atomic E-state index is 10.1. The van der Waals surface area contributed by atoms with Gasteiger partial charge in [0.2, 0.25) is 0 Å². The summed E-state index contributed by atoms with van der Waals surface area (Å²) in [7, 11) is 0. The van der Waals surface area contributed by atoms with Crippen LogP contribution in [0.3, 0.4) is 0 Å². The Morgan fingerprint density at radius 3 is 2.45 bits per heavy atom. The lowest BCUT2D eigenvalue weighted by atomic mass is 10.1. The molecule has 0 aliphatic heterocycles. The molecular weight excluding hydrogens is 150 g/mol. The van der Waals surface area contributed by atoms with Gasteiger partial charge in [0, 0.05) is 6.42 Å². The van der Waals surface area contributed by atoms with Crippen molar-refractivity contribution in [3.63, 3.8) is 0 Å². The van der Waals surface area contributed by atoms with E-state index in [0.29, 0.717) is 0 Å². The van der Waals surface area contributed by atoms with Crippen molar-refractivity contribution in [1.82, 2.24) is 0 Å². The largest absolute Gasteiger partial charge is 0.480 e. The molecule has 0 saturated heterocycles. The lowest BCUT2D eigenvalue weighted by molar-refractivity contribution is -0.150. The van der Waals surface area contributed by atoms with Gasteiger partial charge in [-0.1, -0.05) is 6.58 Å². The molecule has 5 nitrogen and oxygen atoms in total. The third kappa shape index (κ3) is 3.72. The SMILES string of the molecule is C=CC(O)(O)C[C@H](N)C(=O)O. The quantitative estimate of drug-likeness (QED) is 0.301. The van der Waals surface area contributed by atoms with Gasteiger partial charge in [-0.3, -0.25) is 4.79 Å². The third-order valence-corrected chi connectivity index (χ3v) is 1.16. The fourth-order valence-corrected chi connectivity index (χ4v) is 0.494. The molecule has 0 unspecified atom stereocenters. The molecule has 0 rings (SSSR count). The van der Waals surface area contributed by atoms with Crippen molar-refractivity contribution in [2.24, 2.45) is 5.73 Å². The summed E-state index contributed by atoms with van der Waals surface area (Å²) in [5.74, 6) is -3.48. The normalized spacial score (nSPS) is 14.1. The van der Waals surface area contributed by atoms with E-state index in [1.165, 1.54) is 0 Å². The molecule has 0 fully saturated rings. The van der Waals surface area contributed by atoms with Gasteiger partial charge in [0.05, 0.1) is 0 Å². The summed E-state index contributed by atoms with van der Waals surface area (Å²) in [6, 6.07) is -1.29. The van der Waals surface area contributed by atoms with Crippen LogP contribution < -0.4 is 5.73 Å². The van der Waals surface area contributed by atoms with Crippen LogP contribution in [0.1, 0.15) is 6.42 Å². The van der Waals surface area contributed by atoms with E-state index < -0.39 is 24.2 Å². The first kappa shape index (κ1) is 10.1. The number of hydrogen-bond acceptors (Lipinski definition) is 4. The minimum absolute atomic E-state index is 0.466. The van der Waals surface area contributed by atoms with Gasteiger partial charge >= 0.3 is 5.97 Å². The van der Waals surface area contributed by atoms with Crippen LogP contribution in [0.4, 0.5) is 0 Å². The molecule has 0 aromatic rings. The lowest BCUT2D eigenvalue weighted by Gasteiger charge is -2.18. The van der Waals surface area contributed by atoms with Crippen LogP contribution in [0.2, 0.25) is 0 Å². The number of carboxylic acid groups (broad SMARTS) is 1. The zero-order chi connectivity index (χ0) is 9.07. The van der Waals surface area contributed by atoms with Crippen molar-refractivity contribution in [1.29, 1.82) is 0 Å². The van der Waals surface area contributed by atoms with Crippen LogP contribution >= 0.6 is 0 Å². The maximum atomic E-state index is 10.1. The summed E-state index contributed by atoms with van der Waals surface area (Å²) in [5.41, 5.74) is 5.01. The second-order valence-corrected chi connectivity index (χ2v) is 2.23. The molecule has 0 bridgehead atoms. The zero-order valence-corrected chi connectivity index (χ0v) is 5.90. The highest BCUT2D eigenvalue weighted by molar-refractivity contribution is 5.73. The van der Waals surface area contributed by atoms with Gasteiger partial charge in [0.15, 0.2) is 5.79 Å². The molecule has 0 aromatic carbocycles. The summed E-state index contributed by atoms with van der Waals surface area (Å²) in [5, 5.41) is 25.9. The summed E-state index contributed by atoms with van der Waals surface area (Å²) >= 11 is 0. The fourth-order valence-electron chi connectivity index (χ4n) is 0.494. The first-order valence-corrected chi connectivity index (χ1v) is 2.96. The second-order valence-electron chi connectivity index (χ2n) is 2.23. The minimum Gasteiger partial charge on any atom is -0.480 e. The highest BCUT2D eigenvalue weighted by atomic mass is 16.5. The van der Waals surface area contributed by atoms with Gasteiger partial charge in [-0.05, 0) is 6.08 Å². The van der Waals surface area contributed by atoms with Gasteiger partial charge < -0.3 is 21.1 Å². The number of rotatable bonds is 4. The molecule has 1 atom stereocenters.